The van der Waals surface area contributed by atoms with E-state index in [9.17, 15) is 14.7 Å². The fourth-order valence-corrected chi connectivity index (χ4v) is 3.27. The fourth-order valence-electron chi connectivity index (χ4n) is 3.27. The zero-order valence-electron chi connectivity index (χ0n) is 16.6. The highest BCUT2D eigenvalue weighted by Gasteiger charge is 2.27. The maximum Gasteiger partial charge on any atom is 0.426 e. The Hall–Kier alpha value is -4.39. The zero-order valence-corrected chi connectivity index (χ0v) is 16.6. The lowest BCUT2D eigenvalue weighted by Crippen LogP contribution is -2.46. The number of anilines is 1. The average Bonchev–Trinajstić information content (AvgIpc) is 2.82. The number of hydrogen-bond donors (Lipinski definition) is 2. The predicted molar refractivity (Wildman–Crippen MR) is 118 cm³/mol. The van der Waals surface area contributed by atoms with E-state index in [2.05, 4.69) is 15.1 Å². The molecule has 4 rings (SSSR count). The standard InChI is InChI=1S/C24H19N3O4/c1-31-24(30)26-27(17-12-6-3-7-13-17)23(29)20-18-14-8-9-15-19(18)25-21(22(20)28)16-10-4-2-5-11-16/h2-15,28H,1H3,(H,26,30). The monoisotopic (exact) mass is 413 g/mol. The van der Waals surface area contributed by atoms with Gasteiger partial charge in [-0.15, -0.1) is 0 Å². The number of rotatable bonds is 3. The summed E-state index contributed by atoms with van der Waals surface area (Å²) >= 11 is 0. The first-order chi connectivity index (χ1) is 15.1. The van der Waals surface area contributed by atoms with Crippen LogP contribution < -0.4 is 10.4 Å². The molecule has 4 aromatic rings. The summed E-state index contributed by atoms with van der Waals surface area (Å²) in [5.74, 6) is -0.910. The number of pyridine rings is 1. The van der Waals surface area contributed by atoms with Gasteiger partial charge in [-0.3, -0.25) is 4.79 Å². The molecule has 0 aliphatic rings. The Bertz CT molecular complexity index is 1240. The van der Waals surface area contributed by atoms with Crippen LogP contribution in [0.15, 0.2) is 84.9 Å². The topological polar surface area (TPSA) is 91.8 Å². The van der Waals surface area contributed by atoms with Gasteiger partial charge in [-0.2, -0.15) is 0 Å². The maximum atomic E-state index is 13.7. The molecule has 0 bridgehead atoms. The van der Waals surface area contributed by atoms with Crippen LogP contribution in [0, 0.1) is 0 Å². The van der Waals surface area contributed by atoms with Gasteiger partial charge in [-0.25, -0.2) is 20.2 Å². The molecule has 31 heavy (non-hydrogen) atoms. The van der Waals surface area contributed by atoms with E-state index in [1.807, 2.05) is 18.2 Å². The van der Waals surface area contributed by atoms with E-state index in [1.54, 1.807) is 66.7 Å². The maximum absolute atomic E-state index is 13.7. The summed E-state index contributed by atoms with van der Waals surface area (Å²) in [5, 5.41) is 12.6. The van der Waals surface area contributed by atoms with Crippen LogP contribution in [0.2, 0.25) is 0 Å². The Morgan fingerprint density at radius 2 is 1.52 bits per heavy atom. The number of aromatic hydroxyl groups is 1. The van der Waals surface area contributed by atoms with Crippen molar-refractivity contribution >= 4 is 28.6 Å². The number of nitrogens with one attached hydrogen (secondary N) is 1. The molecule has 0 spiro atoms. The minimum Gasteiger partial charge on any atom is -0.505 e. The van der Waals surface area contributed by atoms with Gasteiger partial charge in [-0.1, -0.05) is 66.7 Å². The summed E-state index contributed by atoms with van der Waals surface area (Å²) in [7, 11) is 1.20. The van der Waals surface area contributed by atoms with Crippen LogP contribution in [0.4, 0.5) is 10.5 Å². The Kier molecular flexibility index (Phi) is 5.49. The Labute approximate surface area is 178 Å². The van der Waals surface area contributed by atoms with Crippen LogP contribution in [0.25, 0.3) is 22.2 Å². The number of para-hydroxylation sites is 2. The lowest BCUT2D eigenvalue weighted by atomic mass is 10.0. The number of carbonyl (C=O) groups is 2. The van der Waals surface area contributed by atoms with Crippen LogP contribution in [0.1, 0.15) is 10.4 Å². The molecular weight excluding hydrogens is 394 g/mol. The smallest absolute Gasteiger partial charge is 0.426 e. The van der Waals surface area contributed by atoms with Crippen LogP contribution in [-0.4, -0.2) is 29.2 Å². The molecule has 2 amide bonds. The number of aromatic nitrogens is 1. The van der Waals surface area contributed by atoms with Crippen LogP contribution in [0.5, 0.6) is 5.75 Å². The molecule has 0 radical (unpaired) electrons. The van der Waals surface area contributed by atoms with Crippen molar-refractivity contribution in [2.45, 2.75) is 0 Å². The molecule has 0 atom stereocenters. The van der Waals surface area contributed by atoms with E-state index in [-0.39, 0.29) is 17.0 Å². The molecule has 1 heterocycles. The predicted octanol–water partition coefficient (Wildman–Crippen LogP) is 4.53. The van der Waals surface area contributed by atoms with Gasteiger partial charge in [0, 0.05) is 10.9 Å². The van der Waals surface area contributed by atoms with E-state index in [0.29, 0.717) is 22.2 Å². The number of carbonyl (C=O) groups excluding carboxylic acids is 2. The van der Waals surface area contributed by atoms with Gasteiger partial charge in [0.1, 0.15) is 5.69 Å². The number of amides is 2. The molecule has 0 saturated carbocycles. The lowest BCUT2D eigenvalue weighted by Gasteiger charge is -2.24. The van der Waals surface area contributed by atoms with Gasteiger partial charge in [0.25, 0.3) is 5.91 Å². The van der Waals surface area contributed by atoms with Gasteiger partial charge >= 0.3 is 6.09 Å². The summed E-state index contributed by atoms with van der Waals surface area (Å²) in [6.45, 7) is 0. The Balaban J connectivity index is 1.93. The first kappa shape index (κ1) is 19.9. The number of benzene rings is 3. The number of fused-ring (bicyclic) bond motifs is 1. The number of hydrogen-bond acceptors (Lipinski definition) is 5. The quantitative estimate of drug-likeness (QED) is 0.482. The molecule has 7 heteroatoms. The molecule has 0 aliphatic carbocycles. The summed E-state index contributed by atoms with van der Waals surface area (Å²) in [4.78, 5) is 30.2. The van der Waals surface area contributed by atoms with Gasteiger partial charge in [0.15, 0.2) is 5.75 Å². The van der Waals surface area contributed by atoms with E-state index >= 15 is 0 Å². The number of nitrogens with zero attached hydrogens (tertiary/aromatic N) is 2. The molecule has 154 valence electrons. The number of methoxy groups -OCH3 is 1. The van der Waals surface area contributed by atoms with Crippen molar-refractivity contribution in [1.82, 2.24) is 10.4 Å². The van der Waals surface area contributed by atoms with Crippen LogP contribution in [-0.2, 0) is 4.74 Å². The Morgan fingerprint density at radius 3 is 2.19 bits per heavy atom. The van der Waals surface area contributed by atoms with Crippen molar-refractivity contribution in [3.63, 3.8) is 0 Å². The fraction of sp³-hybridized carbons (Fsp3) is 0.0417. The second-order valence-electron chi connectivity index (χ2n) is 6.65. The highest BCUT2D eigenvalue weighted by molar-refractivity contribution is 6.17. The summed E-state index contributed by atoms with van der Waals surface area (Å²) < 4.78 is 4.68. The number of hydrazine groups is 1. The minimum absolute atomic E-state index is 0.0182. The van der Waals surface area contributed by atoms with Gasteiger partial charge < -0.3 is 9.84 Å². The van der Waals surface area contributed by atoms with E-state index in [0.717, 1.165) is 5.01 Å². The average molecular weight is 413 g/mol. The second-order valence-corrected chi connectivity index (χ2v) is 6.65. The van der Waals surface area contributed by atoms with Crippen molar-refractivity contribution < 1.29 is 19.4 Å². The molecule has 0 saturated heterocycles. The normalized spacial score (nSPS) is 10.5. The minimum atomic E-state index is -0.821. The van der Waals surface area contributed by atoms with E-state index in [1.165, 1.54) is 7.11 Å². The lowest BCUT2D eigenvalue weighted by molar-refractivity contribution is 0.0964. The number of ether oxygens (including phenoxy) is 1. The van der Waals surface area contributed by atoms with Crippen LogP contribution in [0.3, 0.4) is 0 Å². The van der Waals surface area contributed by atoms with Gasteiger partial charge in [0.05, 0.1) is 23.9 Å². The largest absolute Gasteiger partial charge is 0.505 e. The first-order valence-electron chi connectivity index (χ1n) is 9.51. The van der Waals surface area contributed by atoms with E-state index < -0.39 is 12.0 Å². The van der Waals surface area contributed by atoms with Crippen molar-refractivity contribution in [1.29, 1.82) is 0 Å². The second kappa shape index (κ2) is 8.54. The highest BCUT2D eigenvalue weighted by atomic mass is 16.5. The summed E-state index contributed by atoms with van der Waals surface area (Å²) in [5.41, 5.74) is 4.31. The zero-order chi connectivity index (χ0) is 21.8. The third kappa shape index (κ3) is 3.89. The van der Waals surface area contributed by atoms with Gasteiger partial charge in [-0.05, 0) is 18.2 Å². The molecule has 0 aliphatic heterocycles. The molecule has 2 N–H and O–H groups in total. The molecule has 0 fully saturated rings. The SMILES string of the molecule is COC(=O)NN(C(=O)c1c(O)c(-c2ccccc2)nc2ccccc12)c1ccccc1. The highest BCUT2D eigenvalue weighted by Crippen LogP contribution is 2.36. The molecule has 0 unspecified atom stereocenters. The van der Waals surface area contributed by atoms with Gasteiger partial charge in [0.2, 0.25) is 0 Å². The van der Waals surface area contributed by atoms with E-state index in [4.69, 9.17) is 0 Å². The first-order valence-corrected chi connectivity index (χ1v) is 9.51. The summed E-state index contributed by atoms with van der Waals surface area (Å²) in [6.07, 6.45) is -0.821. The van der Waals surface area contributed by atoms with Crippen LogP contribution >= 0.6 is 0 Å². The summed E-state index contributed by atoms with van der Waals surface area (Å²) in [6, 6.07) is 24.7. The molecule has 1 aromatic heterocycles. The molecule has 3 aromatic carbocycles. The Morgan fingerprint density at radius 1 is 0.903 bits per heavy atom. The third-order valence-electron chi connectivity index (χ3n) is 4.73. The molecule has 7 nitrogen and oxygen atoms in total. The molecular formula is C24H19N3O4. The third-order valence-corrected chi connectivity index (χ3v) is 4.73. The van der Waals surface area contributed by atoms with Crippen molar-refractivity contribution in [3.05, 3.63) is 90.5 Å². The van der Waals surface area contributed by atoms with Crippen molar-refractivity contribution in [3.8, 4) is 17.0 Å². The van der Waals surface area contributed by atoms with Crippen molar-refractivity contribution in [2.75, 3.05) is 12.1 Å². The van der Waals surface area contributed by atoms with Crippen molar-refractivity contribution in [2.24, 2.45) is 0 Å².